The van der Waals surface area contributed by atoms with E-state index in [-0.39, 0.29) is 23.5 Å². The third-order valence-electron chi connectivity index (χ3n) is 2.58. The van der Waals surface area contributed by atoms with E-state index in [1.807, 2.05) is 0 Å². The molecule has 0 spiro atoms. The van der Waals surface area contributed by atoms with E-state index in [0.29, 0.717) is 10.0 Å². The number of carboxylic acids is 1. The second-order valence-corrected chi connectivity index (χ2v) is 4.77. The maximum Gasteiger partial charge on any atom is 0.335 e. The van der Waals surface area contributed by atoms with Gasteiger partial charge in [0, 0.05) is 5.56 Å². The van der Waals surface area contributed by atoms with Crippen LogP contribution in [0.25, 0.3) is 0 Å². The van der Waals surface area contributed by atoms with Crippen LogP contribution in [0.15, 0.2) is 36.4 Å². The summed E-state index contributed by atoms with van der Waals surface area (Å²) in [5.74, 6) is -1.46. The predicted molar refractivity (Wildman–Crippen MR) is 74.2 cm³/mol. The number of carbonyl (C=O) groups is 1. The van der Waals surface area contributed by atoms with Gasteiger partial charge in [-0.25, -0.2) is 9.18 Å². The quantitative estimate of drug-likeness (QED) is 0.909. The van der Waals surface area contributed by atoms with Crippen molar-refractivity contribution in [3.05, 3.63) is 63.4 Å². The molecular formula is C14H9Cl2FO3. The van der Waals surface area contributed by atoms with Gasteiger partial charge < -0.3 is 9.84 Å². The van der Waals surface area contributed by atoms with Gasteiger partial charge >= 0.3 is 5.97 Å². The van der Waals surface area contributed by atoms with Gasteiger partial charge in [0.1, 0.15) is 12.4 Å². The summed E-state index contributed by atoms with van der Waals surface area (Å²) < 4.78 is 19.0. The molecule has 2 aromatic carbocycles. The lowest BCUT2D eigenvalue weighted by molar-refractivity contribution is 0.0696. The Balaban J connectivity index is 2.23. The van der Waals surface area contributed by atoms with Gasteiger partial charge in [0.25, 0.3) is 0 Å². The zero-order valence-corrected chi connectivity index (χ0v) is 11.6. The lowest BCUT2D eigenvalue weighted by Gasteiger charge is -2.10. The molecule has 0 saturated carbocycles. The Morgan fingerprint density at radius 1 is 1.20 bits per heavy atom. The average molecular weight is 315 g/mol. The molecule has 0 aliphatic carbocycles. The number of rotatable bonds is 4. The summed E-state index contributed by atoms with van der Waals surface area (Å²) in [7, 11) is 0. The first-order valence-corrected chi connectivity index (χ1v) is 6.33. The molecule has 0 aliphatic heterocycles. The number of halogens is 3. The molecule has 0 heterocycles. The molecule has 20 heavy (non-hydrogen) atoms. The van der Waals surface area contributed by atoms with Crippen molar-refractivity contribution in [2.75, 3.05) is 0 Å². The van der Waals surface area contributed by atoms with Crippen LogP contribution in [-0.2, 0) is 6.61 Å². The van der Waals surface area contributed by atoms with E-state index in [2.05, 4.69) is 0 Å². The Kier molecular flexibility index (Phi) is 4.47. The Labute approximate surface area is 124 Å². The van der Waals surface area contributed by atoms with E-state index in [1.165, 1.54) is 12.1 Å². The van der Waals surface area contributed by atoms with Crippen LogP contribution in [0, 0.1) is 5.82 Å². The maximum atomic E-state index is 13.6. The number of hydrogen-bond donors (Lipinski definition) is 1. The number of hydrogen-bond acceptors (Lipinski definition) is 2. The minimum Gasteiger partial charge on any atom is -0.486 e. The van der Waals surface area contributed by atoms with Gasteiger partial charge in [-0.05, 0) is 30.3 Å². The number of ether oxygens (including phenoxy) is 1. The summed E-state index contributed by atoms with van der Waals surface area (Å²) >= 11 is 11.8. The Morgan fingerprint density at radius 3 is 2.45 bits per heavy atom. The number of carboxylic acid groups (broad SMARTS) is 1. The lowest BCUT2D eigenvalue weighted by Crippen LogP contribution is -2.03. The van der Waals surface area contributed by atoms with Crippen LogP contribution in [0.3, 0.4) is 0 Å². The topological polar surface area (TPSA) is 46.5 Å². The highest BCUT2D eigenvalue weighted by molar-refractivity contribution is 6.37. The normalized spacial score (nSPS) is 10.3. The number of aromatic carboxylic acids is 1. The van der Waals surface area contributed by atoms with Crippen LogP contribution in [0.4, 0.5) is 4.39 Å². The summed E-state index contributed by atoms with van der Waals surface area (Å²) in [6, 6.07) is 8.31. The highest BCUT2D eigenvalue weighted by Crippen LogP contribution is 2.33. The average Bonchev–Trinajstić information content (AvgIpc) is 2.39. The van der Waals surface area contributed by atoms with Crippen molar-refractivity contribution in [3.8, 4) is 5.75 Å². The molecule has 104 valence electrons. The molecule has 0 fully saturated rings. The summed E-state index contributed by atoms with van der Waals surface area (Å²) in [6.45, 7) is -0.170. The van der Waals surface area contributed by atoms with Crippen LogP contribution >= 0.6 is 23.2 Å². The first-order chi connectivity index (χ1) is 9.49. The Morgan fingerprint density at radius 2 is 1.85 bits per heavy atom. The van der Waals surface area contributed by atoms with Crippen LogP contribution < -0.4 is 4.74 Å². The predicted octanol–water partition coefficient (Wildman–Crippen LogP) is 4.41. The van der Waals surface area contributed by atoms with Crippen molar-refractivity contribution in [3.63, 3.8) is 0 Å². The third-order valence-corrected chi connectivity index (χ3v) is 3.18. The van der Waals surface area contributed by atoms with Crippen molar-refractivity contribution in [1.29, 1.82) is 0 Å². The van der Waals surface area contributed by atoms with Gasteiger partial charge in [-0.15, -0.1) is 0 Å². The highest BCUT2D eigenvalue weighted by Gasteiger charge is 2.11. The molecular weight excluding hydrogens is 306 g/mol. The molecule has 0 unspecified atom stereocenters. The molecule has 0 saturated heterocycles. The van der Waals surface area contributed by atoms with Crippen molar-refractivity contribution >= 4 is 29.2 Å². The summed E-state index contributed by atoms with van der Waals surface area (Å²) in [4.78, 5) is 10.8. The van der Waals surface area contributed by atoms with E-state index in [0.717, 1.165) is 6.07 Å². The SMILES string of the molecule is O=C(O)c1ccc(F)c(COc2c(Cl)cccc2Cl)c1. The molecule has 1 N–H and O–H groups in total. The van der Waals surface area contributed by atoms with Crippen molar-refractivity contribution < 1.29 is 19.0 Å². The Hall–Kier alpha value is -1.78. The maximum absolute atomic E-state index is 13.6. The molecule has 0 atom stereocenters. The monoisotopic (exact) mass is 314 g/mol. The molecule has 0 radical (unpaired) electrons. The third kappa shape index (κ3) is 3.21. The van der Waals surface area contributed by atoms with E-state index < -0.39 is 11.8 Å². The second-order valence-electron chi connectivity index (χ2n) is 3.95. The van der Waals surface area contributed by atoms with E-state index in [1.54, 1.807) is 18.2 Å². The largest absolute Gasteiger partial charge is 0.486 e. The van der Waals surface area contributed by atoms with Gasteiger partial charge in [0.2, 0.25) is 0 Å². The molecule has 0 amide bonds. The smallest absolute Gasteiger partial charge is 0.335 e. The zero-order valence-electron chi connectivity index (χ0n) is 10.1. The molecule has 0 aromatic heterocycles. The number of benzene rings is 2. The molecule has 3 nitrogen and oxygen atoms in total. The fraction of sp³-hybridized carbons (Fsp3) is 0.0714. The lowest BCUT2D eigenvalue weighted by atomic mass is 10.1. The van der Waals surface area contributed by atoms with E-state index >= 15 is 0 Å². The van der Waals surface area contributed by atoms with E-state index in [4.69, 9.17) is 33.0 Å². The molecule has 6 heteroatoms. The molecule has 0 bridgehead atoms. The van der Waals surface area contributed by atoms with Crippen molar-refractivity contribution in [1.82, 2.24) is 0 Å². The van der Waals surface area contributed by atoms with Crippen LogP contribution in [0.1, 0.15) is 15.9 Å². The van der Waals surface area contributed by atoms with Gasteiger partial charge in [-0.3, -0.25) is 0 Å². The minimum atomic E-state index is -1.14. The van der Waals surface area contributed by atoms with Crippen LogP contribution in [0.5, 0.6) is 5.75 Å². The van der Waals surface area contributed by atoms with Crippen molar-refractivity contribution in [2.45, 2.75) is 6.61 Å². The summed E-state index contributed by atoms with van der Waals surface area (Å²) in [5.41, 5.74) is 0.0936. The number of para-hydroxylation sites is 1. The molecule has 2 rings (SSSR count). The summed E-state index contributed by atoms with van der Waals surface area (Å²) in [5, 5.41) is 9.46. The Bertz CT molecular complexity index is 639. The van der Waals surface area contributed by atoms with E-state index in [9.17, 15) is 9.18 Å². The summed E-state index contributed by atoms with van der Waals surface area (Å²) in [6.07, 6.45) is 0. The highest BCUT2D eigenvalue weighted by atomic mass is 35.5. The van der Waals surface area contributed by atoms with Gasteiger partial charge in [0.15, 0.2) is 5.75 Å². The zero-order chi connectivity index (χ0) is 14.7. The second kappa shape index (κ2) is 6.11. The van der Waals surface area contributed by atoms with Crippen LogP contribution in [0.2, 0.25) is 10.0 Å². The van der Waals surface area contributed by atoms with Gasteiger partial charge in [0.05, 0.1) is 15.6 Å². The minimum absolute atomic E-state index is 0.0183. The van der Waals surface area contributed by atoms with Crippen LogP contribution in [-0.4, -0.2) is 11.1 Å². The van der Waals surface area contributed by atoms with Crippen molar-refractivity contribution in [2.24, 2.45) is 0 Å². The fourth-order valence-electron chi connectivity index (χ4n) is 1.59. The van der Waals surface area contributed by atoms with Gasteiger partial charge in [-0.1, -0.05) is 29.3 Å². The van der Waals surface area contributed by atoms with Gasteiger partial charge in [-0.2, -0.15) is 0 Å². The standard InChI is InChI=1S/C14H9Cl2FO3/c15-10-2-1-3-11(16)13(10)20-7-9-6-8(14(18)19)4-5-12(9)17/h1-6H,7H2,(H,18,19). The first kappa shape index (κ1) is 14.6. The molecule has 2 aromatic rings. The molecule has 0 aliphatic rings. The first-order valence-electron chi connectivity index (χ1n) is 5.57. The fourth-order valence-corrected chi connectivity index (χ4v) is 2.10.